The van der Waals surface area contributed by atoms with Crippen LogP contribution in [0.5, 0.6) is 0 Å². The Kier molecular flexibility index (Phi) is 2.87. The number of hydrogen-bond donors (Lipinski definition) is 1. The molecule has 0 aliphatic rings. The average molecular weight is 228 g/mol. The van der Waals surface area contributed by atoms with E-state index in [2.05, 4.69) is 16.5 Å². The fraction of sp³-hybridized carbons (Fsp3) is 0.154. The van der Waals surface area contributed by atoms with Crippen LogP contribution in [-0.2, 0) is 6.42 Å². The number of ketones is 1. The monoisotopic (exact) mass is 228 g/mol. The number of carbonyl (C=O) groups is 1. The van der Waals surface area contributed by atoms with Crippen LogP contribution in [0.3, 0.4) is 0 Å². The first-order chi connectivity index (χ1) is 8.15. The van der Waals surface area contributed by atoms with Gasteiger partial charge in [-0.2, -0.15) is 0 Å². The Balaban J connectivity index is 2.72. The van der Waals surface area contributed by atoms with Gasteiger partial charge in [-0.05, 0) is 30.2 Å². The number of benzene rings is 1. The van der Waals surface area contributed by atoms with E-state index >= 15 is 0 Å². The van der Waals surface area contributed by atoms with E-state index in [4.69, 9.17) is 0 Å². The van der Waals surface area contributed by atoms with Crippen molar-refractivity contribution in [1.29, 1.82) is 0 Å². The van der Waals surface area contributed by atoms with Crippen LogP contribution < -0.4 is 5.56 Å². The zero-order valence-electron chi connectivity index (χ0n) is 9.49. The second-order valence-electron chi connectivity index (χ2n) is 3.69. The molecule has 0 saturated carbocycles. The van der Waals surface area contributed by atoms with Crippen LogP contribution in [0.25, 0.3) is 10.9 Å². The van der Waals surface area contributed by atoms with Crippen molar-refractivity contribution in [2.45, 2.75) is 13.3 Å². The normalized spacial score (nSPS) is 10.4. The summed E-state index contributed by atoms with van der Waals surface area (Å²) >= 11 is 0. The average Bonchev–Trinajstić information content (AvgIpc) is 2.37. The predicted molar refractivity (Wildman–Crippen MR) is 66.3 cm³/mol. The van der Waals surface area contributed by atoms with Gasteiger partial charge in [-0.15, -0.1) is 0 Å². The van der Waals surface area contributed by atoms with Gasteiger partial charge in [0.2, 0.25) is 5.78 Å². The lowest BCUT2D eigenvalue weighted by atomic mass is 10.1. The number of H-pyrrole nitrogens is 1. The highest BCUT2D eigenvalue weighted by molar-refractivity contribution is 6.02. The highest BCUT2D eigenvalue weighted by atomic mass is 16.1. The Bertz CT molecular complexity index is 656. The van der Waals surface area contributed by atoms with Gasteiger partial charge in [0.1, 0.15) is 0 Å². The lowest BCUT2D eigenvalue weighted by molar-refractivity contribution is 0.103. The van der Waals surface area contributed by atoms with Gasteiger partial charge in [-0.25, -0.2) is 4.98 Å². The first-order valence-electron chi connectivity index (χ1n) is 5.35. The molecule has 0 spiro atoms. The highest BCUT2D eigenvalue weighted by Gasteiger charge is 2.08. The van der Waals surface area contributed by atoms with E-state index in [1.165, 1.54) is 0 Å². The van der Waals surface area contributed by atoms with E-state index in [9.17, 15) is 9.59 Å². The van der Waals surface area contributed by atoms with E-state index in [0.29, 0.717) is 10.9 Å². The van der Waals surface area contributed by atoms with Gasteiger partial charge in [-0.3, -0.25) is 9.59 Å². The molecule has 0 amide bonds. The van der Waals surface area contributed by atoms with E-state index in [1.54, 1.807) is 12.1 Å². The minimum atomic E-state index is -0.386. The van der Waals surface area contributed by atoms with Crippen LogP contribution >= 0.6 is 0 Å². The lowest BCUT2D eigenvalue weighted by Gasteiger charge is -2.01. The van der Waals surface area contributed by atoms with Crippen LogP contribution in [0, 0.1) is 0 Å². The maximum Gasteiger partial charge on any atom is 0.259 e. The molecule has 4 heteroatoms. The summed E-state index contributed by atoms with van der Waals surface area (Å²) in [7, 11) is 0. The Morgan fingerprint density at radius 2 is 2.29 bits per heavy atom. The zero-order valence-corrected chi connectivity index (χ0v) is 9.49. The predicted octanol–water partition coefficient (Wildman–Crippen LogP) is 1.85. The number of carbonyl (C=O) groups excluding carboxylic acids is 1. The maximum atomic E-state index is 11.8. The minimum absolute atomic E-state index is 0.0294. The first-order valence-corrected chi connectivity index (χ1v) is 5.35. The summed E-state index contributed by atoms with van der Waals surface area (Å²) in [5, 5.41) is 0.505. The molecular weight excluding hydrogens is 216 g/mol. The SMILES string of the molecule is C=CC(=O)c1nc2ccc(CC)cc2c(=O)[nH]1. The first kappa shape index (κ1) is 11.3. The van der Waals surface area contributed by atoms with E-state index < -0.39 is 0 Å². The quantitative estimate of drug-likeness (QED) is 0.644. The van der Waals surface area contributed by atoms with Crippen molar-refractivity contribution in [2.24, 2.45) is 0 Å². The van der Waals surface area contributed by atoms with Gasteiger partial charge in [0, 0.05) is 0 Å². The molecule has 2 rings (SSSR count). The van der Waals surface area contributed by atoms with Crippen molar-refractivity contribution in [1.82, 2.24) is 9.97 Å². The molecule has 0 aliphatic carbocycles. The second kappa shape index (κ2) is 4.33. The van der Waals surface area contributed by atoms with Gasteiger partial charge >= 0.3 is 0 Å². The summed E-state index contributed by atoms with van der Waals surface area (Å²) in [6.07, 6.45) is 1.98. The molecule has 2 aromatic rings. The second-order valence-corrected chi connectivity index (χ2v) is 3.69. The summed E-state index contributed by atoms with van der Waals surface area (Å²) in [6, 6.07) is 5.45. The van der Waals surface area contributed by atoms with Gasteiger partial charge < -0.3 is 4.98 Å². The molecule has 0 saturated heterocycles. The fourth-order valence-electron chi connectivity index (χ4n) is 1.62. The maximum absolute atomic E-state index is 11.8. The molecular formula is C13H12N2O2. The number of fused-ring (bicyclic) bond motifs is 1. The van der Waals surface area contributed by atoms with Crippen LogP contribution in [0.4, 0.5) is 0 Å². The zero-order chi connectivity index (χ0) is 12.4. The number of nitrogens with one attached hydrogen (secondary N) is 1. The van der Waals surface area contributed by atoms with E-state index in [0.717, 1.165) is 18.1 Å². The van der Waals surface area contributed by atoms with Crippen LogP contribution in [0.15, 0.2) is 35.6 Å². The third kappa shape index (κ3) is 2.01. The van der Waals surface area contributed by atoms with Crippen molar-refractivity contribution in [2.75, 3.05) is 0 Å². The van der Waals surface area contributed by atoms with Crippen molar-refractivity contribution in [3.63, 3.8) is 0 Å². The third-order valence-electron chi connectivity index (χ3n) is 2.60. The summed E-state index contributed by atoms with van der Waals surface area (Å²) in [5.41, 5.74) is 1.29. The van der Waals surface area contributed by atoms with Gasteiger partial charge in [-0.1, -0.05) is 19.6 Å². The van der Waals surface area contributed by atoms with Crippen molar-refractivity contribution in [3.8, 4) is 0 Å². The van der Waals surface area contributed by atoms with Crippen molar-refractivity contribution >= 4 is 16.7 Å². The summed E-state index contributed by atoms with van der Waals surface area (Å²) in [4.78, 5) is 29.8. The molecule has 17 heavy (non-hydrogen) atoms. The van der Waals surface area contributed by atoms with E-state index in [-0.39, 0.29) is 17.2 Å². The molecule has 0 atom stereocenters. The van der Waals surface area contributed by atoms with Crippen molar-refractivity contribution < 1.29 is 4.79 Å². The Hall–Kier alpha value is -2.23. The van der Waals surface area contributed by atoms with Crippen LogP contribution in [0.2, 0.25) is 0 Å². The molecule has 0 unspecified atom stereocenters. The Morgan fingerprint density at radius 3 is 2.94 bits per heavy atom. The number of hydrogen-bond acceptors (Lipinski definition) is 3. The van der Waals surface area contributed by atoms with Gasteiger partial charge in [0.25, 0.3) is 5.56 Å². The number of allylic oxidation sites excluding steroid dienone is 1. The molecule has 86 valence electrons. The number of rotatable bonds is 3. The molecule has 0 aliphatic heterocycles. The molecule has 0 fully saturated rings. The van der Waals surface area contributed by atoms with Crippen LogP contribution in [-0.4, -0.2) is 15.8 Å². The summed E-state index contributed by atoms with van der Waals surface area (Å²) in [5.74, 6) is -0.356. The molecule has 1 aromatic heterocycles. The van der Waals surface area contributed by atoms with Gasteiger partial charge in [0.15, 0.2) is 5.82 Å². The topological polar surface area (TPSA) is 62.8 Å². The smallest absolute Gasteiger partial charge is 0.259 e. The largest absolute Gasteiger partial charge is 0.303 e. The molecule has 4 nitrogen and oxygen atoms in total. The molecule has 1 N–H and O–H groups in total. The molecule has 0 bridgehead atoms. The third-order valence-corrected chi connectivity index (χ3v) is 2.60. The number of aromatic amines is 1. The number of aryl methyl sites for hydroxylation is 1. The molecule has 1 aromatic carbocycles. The summed E-state index contributed by atoms with van der Waals surface area (Å²) in [6.45, 7) is 5.37. The van der Waals surface area contributed by atoms with E-state index in [1.807, 2.05) is 13.0 Å². The van der Waals surface area contributed by atoms with Crippen molar-refractivity contribution in [3.05, 3.63) is 52.6 Å². The minimum Gasteiger partial charge on any atom is -0.303 e. The standard InChI is InChI=1S/C13H12N2O2/c1-3-8-5-6-10-9(7-8)13(17)15-12(14-10)11(16)4-2/h4-7H,2-3H2,1H3,(H,14,15,17). The number of nitrogens with zero attached hydrogens (tertiary/aromatic N) is 1. The lowest BCUT2D eigenvalue weighted by Crippen LogP contribution is -2.15. The Labute approximate surface area is 98.0 Å². The molecule has 1 heterocycles. The Morgan fingerprint density at radius 1 is 1.53 bits per heavy atom. The summed E-state index contributed by atoms with van der Waals surface area (Å²) < 4.78 is 0. The highest BCUT2D eigenvalue weighted by Crippen LogP contribution is 2.11. The number of aromatic nitrogens is 2. The fourth-order valence-corrected chi connectivity index (χ4v) is 1.62. The van der Waals surface area contributed by atoms with Crippen LogP contribution in [0.1, 0.15) is 23.1 Å². The van der Waals surface area contributed by atoms with Gasteiger partial charge in [0.05, 0.1) is 10.9 Å². The molecule has 0 radical (unpaired) electrons.